The number of carbonyl (C=O) groups excluding carboxylic acids is 1. The van der Waals surface area contributed by atoms with Crippen molar-refractivity contribution in [2.45, 2.75) is 51.9 Å². The van der Waals surface area contributed by atoms with Crippen molar-refractivity contribution in [3.63, 3.8) is 0 Å². The Morgan fingerprint density at radius 2 is 2.15 bits per heavy atom. The molecule has 1 N–H and O–H groups in total. The van der Waals surface area contributed by atoms with Crippen LogP contribution < -0.4 is 10.2 Å². The van der Waals surface area contributed by atoms with E-state index in [9.17, 15) is 4.79 Å². The molecule has 0 aromatic carbocycles. The van der Waals surface area contributed by atoms with Crippen molar-refractivity contribution < 1.29 is 4.79 Å². The van der Waals surface area contributed by atoms with Gasteiger partial charge in [-0.3, -0.25) is 9.78 Å². The highest BCUT2D eigenvalue weighted by molar-refractivity contribution is 6.31. The summed E-state index contributed by atoms with van der Waals surface area (Å²) in [4.78, 5) is 29.9. The molecule has 4 rings (SSSR count). The summed E-state index contributed by atoms with van der Waals surface area (Å²) < 4.78 is 0. The van der Waals surface area contributed by atoms with Crippen molar-refractivity contribution in [1.29, 1.82) is 0 Å². The number of aromatic nitrogens is 3. The predicted molar refractivity (Wildman–Crippen MR) is 133 cm³/mol. The van der Waals surface area contributed by atoms with Gasteiger partial charge in [0.25, 0.3) is 0 Å². The number of halogens is 1. The number of rotatable bonds is 7. The van der Waals surface area contributed by atoms with Crippen LogP contribution in [0.5, 0.6) is 0 Å². The monoisotopic (exact) mass is 466 g/mol. The summed E-state index contributed by atoms with van der Waals surface area (Å²) in [5, 5.41) is 3.84. The van der Waals surface area contributed by atoms with E-state index in [-0.39, 0.29) is 11.8 Å². The van der Waals surface area contributed by atoms with Gasteiger partial charge in [0.1, 0.15) is 0 Å². The van der Waals surface area contributed by atoms with Crippen LogP contribution in [0.25, 0.3) is 0 Å². The second kappa shape index (κ2) is 10.8. The molecule has 1 amide bonds. The average Bonchev–Trinajstić information content (AvgIpc) is 2.86. The number of amides is 1. The Kier molecular flexibility index (Phi) is 7.60. The van der Waals surface area contributed by atoms with Gasteiger partial charge in [0.15, 0.2) is 0 Å². The molecule has 7 nitrogen and oxygen atoms in total. The van der Waals surface area contributed by atoms with Crippen LogP contribution in [0.15, 0.2) is 48.6 Å². The summed E-state index contributed by atoms with van der Waals surface area (Å²) in [6, 6.07) is 1.89. The molecule has 2 aromatic heterocycles. The zero-order valence-corrected chi connectivity index (χ0v) is 20.1. The van der Waals surface area contributed by atoms with Gasteiger partial charge in [0, 0.05) is 37.7 Å². The van der Waals surface area contributed by atoms with Crippen LogP contribution in [0, 0.1) is 0 Å². The second-order valence-electron chi connectivity index (χ2n) is 8.37. The molecule has 174 valence electrons. The van der Waals surface area contributed by atoms with E-state index in [1.54, 1.807) is 23.5 Å². The Bertz CT molecular complexity index is 1050. The minimum Gasteiger partial charge on any atom is -0.371 e. The standard InChI is InChI=1S/C25H31ClN6O/c1-3-23(33)32(4-2)21-13-19(14-27-15-21)29-25-28-16-22(26)24(30-25)18-9-8-12-31(17-18)20-10-6-5-7-11-20/h6,10-11,13-16,18H,3-5,7-9,12,17H2,1-2H3,(H,28,29,30). The Balaban J connectivity index is 1.52. The third-order valence-electron chi connectivity index (χ3n) is 6.13. The number of anilines is 3. The first-order valence-corrected chi connectivity index (χ1v) is 12.1. The van der Waals surface area contributed by atoms with Gasteiger partial charge in [0.2, 0.25) is 11.9 Å². The minimum atomic E-state index is 0.0613. The Hall–Kier alpha value is -2.93. The van der Waals surface area contributed by atoms with Gasteiger partial charge < -0.3 is 15.1 Å². The van der Waals surface area contributed by atoms with E-state index in [1.807, 2.05) is 19.9 Å². The third kappa shape index (κ3) is 5.53. The van der Waals surface area contributed by atoms with E-state index in [0.717, 1.165) is 55.8 Å². The fourth-order valence-corrected chi connectivity index (χ4v) is 4.71. The molecule has 1 saturated heterocycles. The number of likely N-dealkylation sites (tertiary alicyclic amines) is 1. The van der Waals surface area contributed by atoms with Gasteiger partial charge in [-0.25, -0.2) is 9.97 Å². The largest absolute Gasteiger partial charge is 0.371 e. The molecular weight excluding hydrogens is 436 g/mol. The lowest BCUT2D eigenvalue weighted by Gasteiger charge is -2.35. The Morgan fingerprint density at radius 1 is 1.27 bits per heavy atom. The fourth-order valence-electron chi connectivity index (χ4n) is 4.46. The highest BCUT2D eigenvalue weighted by atomic mass is 35.5. The molecule has 2 aliphatic rings. The SMILES string of the molecule is CCC(=O)N(CC)c1cncc(Nc2ncc(Cl)c(C3CCCN(C4=CCCC=C4)C3)n2)c1. The maximum atomic E-state index is 12.2. The Morgan fingerprint density at radius 3 is 2.91 bits per heavy atom. The van der Waals surface area contributed by atoms with Crippen LogP contribution in [0.4, 0.5) is 17.3 Å². The zero-order valence-electron chi connectivity index (χ0n) is 19.3. The molecule has 0 spiro atoms. The topological polar surface area (TPSA) is 74.2 Å². The first kappa shape index (κ1) is 23.2. The van der Waals surface area contributed by atoms with Crippen LogP contribution in [-0.2, 0) is 4.79 Å². The number of carbonyl (C=O) groups is 1. The van der Waals surface area contributed by atoms with Crippen LogP contribution in [0.1, 0.15) is 57.6 Å². The second-order valence-corrected chi connectivity index (χ2v) is 8.78. The maximum Gasteiger partial charge on any atom is 0.227 e. The lowest BCUT2D eigenvalue weighted by atomic mass is 9.93. The van der Waals surface area contributed by atoms with Crippen LogP contribution in [0.2, 0.25) is 5.02 Å². The summed E-state index contributed by atoms with van der Waals surface area (Å²) >= 11 is 6.55. The number of nitrogens with zero attached hydrogens (tertiary/aromatic N) is 5. The van der Waals surface area contributed by atoms with Gasteiger partial charge in [-0.15, -0.1) is 0 Å². The van der Waals surface area contributed by atoms with Crippen molar-refractivity contribution in [1.82, 2.24) is 19.9 Å². The molecule has 8 heteroatoms. The summed E-state index contributed by atoms with van der Waals surface area (Å²) in [6.45, 7) is 6.35. The molecule has 2 aromatic rings. The van der Waals surface area contributed by atoms with Gasteiger partial charge in [-0.05, 0) is 44.7 Å². The Labute approximate surface area is 200 Å². The number of piperidine rings is 1. The van der Waals surface area contributed by atoms with E-state index >= 15 is 0 Å². The minimum absolute atomic E-state index is 0.0613. The van der Waals surface area contributed by atoms with E-state index in [4.69, 9.17) is 16.6 Å². The molecule has 1 aliphatic heterocycles. The number of hydrogen-bond donors (Lipinski definition) is 1. The van der Waals surface area contributed by atoms with E-state index in [1.165, 1.54) is 5.70 Å². The molecule has 0 bridgehead atoms. The quantitative estimate of drug-likeness (QED) is 0.585. The van der Waals surface area contributed by atoms with Crippen molar-refractivity contribution >= 4 is 34.8 Å². The van der Waals surface area contributed by atoms with Gasteiger partial charge >= 0.3 is 0 Å². The highest BCUT2D eigenvalue weighted by Crippen LogP contribution is 2.33. The predicted octanol–water partition coefficient (Wildman–Crippen LogP) is 5.44. The number of pyridine rings is 1. The van der Waals surface area contributed by atoms with Crippen molar-refractivity contribution in [3.05, 3.63) is 59.3 Å². The number of hydrogen-bond acceptors (Lipinski definition) is 6. The summed E-state index contributed by atoms with van der Waals surface area (Å²) in [7, 11) is 0. The lowest BCUT2D eigenvalue weighted by Crippen LogP contribution is -2.34. The van der Waals surface area contributed by atoms with Gasteiger partial charge in [-0.2, -0.15) is 0 Å². The summed E-state index contributed by atoms with van der Waals surface area (Å²) in [5.74, 6) is 0.784. The molecule has 1 aliphatic carbocycles. The normalized spacial score (nSPS) is 18.1. The van der Waals surface area contributed by atoms with E-state index in [0.29, 0.717) is 23.9 Å². The van der Waals surface area contributed by atoms with Crippen molar-refractivity contribution in [2.24, 2.45) is 0 Å². The fraction of sp³-hybridized carbons (Fsp3) is 0.440. The molecule has 1 atom stereocenters. The molecule has 1 fully saturated rings. The molecule has 1 unspecified atom stereocenters. The van der Waals surface area contributed by atoms with Gasteiger partial charge in [-0.1, -0.05) is 30.7 Å². The van der Waals surface area contributed by atoms with Crippen LogP contribution in [-0.4, -0.2) is 45.4 Å². The molecular formula is C25H31ClN6O. The van der Waals surface area contributed by atoms with Crippen molar-refractivity contribution in [3.8, 4) is 0 Å². The number of nitrogens with one attached hydrogen (secondary N) is 1. The lowest BCUT2D eigenvalue weighted by molar-refractivity contribution is -0.118. The highest BCUT2D eigenvalue weighted by Gasteiger charge is 2.26. The van der Waals surface area contributed by atoms with Gasteiger partial charge in [0.05, 0.1) is 40.7 Å². The van der Waals surface area contributed by atoms with Crippen LogP contribution in [0.3, 0.4) is 0 Å². The smallest absolute Gasteiger partial charge is 0.227 e. The molecule has 3 heterocycles. The summed E-state index contributed by atoms with van der Waals surface area (Å²) in [5.41, 5.74) is 3.66. The summed E-state index contributed by atoms with van der Waals surface area (Å²) in [6.07, 6.45) is 16.7. The van der Waals surface area contributed by atoms with Crippen LogP contribution >= 0.6 is 11.6 Å². The molecule has 0 saturated carbocycles. The molecule has 0 radical (unpaired) electrons. The molecule has 33 heavy (non-hydrogen) atoms. The van der Waals surface area contributed by atoms with E-state index in [2.05, 4.69) is 38.4 Å². The third-order valence-corrected chi connectivity index (χ3v) is 6.42. The first-order valence-electron chi connectivity index (χ1n) is 11.8. The number of allylic oxidation sites excluding steroid dienone is 3. The van der Waals surface area contributed by atoms with Crippen molar-refractivity contribution in [2.75, 3.05) is 29.9 Å². The zero-order chi connectivity index (χ0) is 23.2. The maximum absolute atomic E-state index is 12.2. The average molecular weight is 467 g/mol. The van der Waals surface area contributed by atoms with E-state index < -0.39 is 0 Å². The first-order chi connectivity index (χ1) is 16.1.